The van der Waals surface area contributed by atoms with Crippen LogP contribution < -0.4 is 0 Å². The van der Waals surface area contributed by atoms with Crippen LogP contribution in [0, 0.1) is 6.92 Å². The number of benzene rings is 1. The van der Waals surface area contributed by atoms with E-state index in [1.54, 1.807) is 29.4 Å². The first-order valence-electron chi connectivity index (χ1n) is 7.47. The lowest BCUT2D eigenvalue weighted by molar-refractivity contribution is 0.158. The van der Waals surface area contributed by atoms with Crippen molar-refractivity contribution < 1.29 is 13.5 Å². The van der Waals surface area contributed by atoms with Crippen molar-refractivity contribution in [2.45, 2.75) is 37.3 Å². The summed E-state index contributed by atoms with van der Waals surface area (Å²) in [6.07, 6.45) is 2.25. The van der Waals surface area contributed by atoms with Crippen LogP contribution in [0.25, 0.3) is 0 Å². The van der Waals surface area contributed by atoms with E-state index in [4.69, 9.17) is 0 Å². The largest absolute Gasteiger partial charge is 0.392 e. The van der Waals surface area contributed by atoms with E-state index in [9.17, 15) is 13.5 Å². The topological polar surface area (TPSA) is 60.9 Å². The fraction of sp³-hybridized carbons (Fsp3) is 0.600. The minimum absolute atomic E-state index is 0.140. The third kappa shape index (κ3) is 2.73. The highest BCUT2D eigenvalue weighted by molar-refractivity contribution is 7.89. The Morgan fingerprint density at radius 2 is 2.10 bits per heavy atom. The van der Waals surface area contributed by atoms with Gasteiger partial charge in [-0.2, -0.15) is 4.31 Å². The van der Waals surface area contributed by atoms with Crippen molar-refractivity contribution in [2.24, 2.45) is 0 Å². The summed E-state index contributed by atoms with van der Waals surface area (Å²) in [6.45, 7) is 4.73. The molecule has 1 N–H and O–H groups in total. The van der Waals surface area contributed by atoms with Crippen molar-refractivity contribution in [1.82, 2.24) is 9.21 Å². The molecule has 0 radical (unpaired) electrons. The fourth-order valence-corrected chi connectivity index (χ4v) is 5.08. The lowest BCUT2D eigenvalue weighted by Gasteiger charge is -2.36. The van der Waals surface area contributed by atoms with Crippen LogP contribution in [0.4, 0.5) is 0 Å². The van der Waals surface area contributed by atoms with Crippen molar-refractivity contribution in [3.63, 3.8) is 0 Å². The third-order valence-corrected chi connectivity index (χ3v) is 6.61. The van der Waals surface area contributed by atoms with E-state index in [1.165, 1.54) is 0 Å². The number of hydrogen-bond acceptors (Lipinski definition) is 4. The van der Waals surface area contributed by atoms with E-state index in [1.807, 2.05) is 0 Å². The smallest absolute Gasteiger partial charge is 0.243 e. The molecule has 0 amide bonds. The van der Waals surface area contributed by atoms with E-state index in [0.717, 1.165) is 31.5 Å². The van der Waals surface area contributed by atoms with Gasteiger partial charge in [0.05, 0.1) is 11.5 Å². The summed E-state index contributed by atoms with van der Waals surface area (Å²) in [6, 6.07) is 5.51. The highest BCUT2D eigenvalue weighted by Crippen LogP contribution is 2.27. The molecular weight excluding hydrogens is 288 g/mol. The number of hydrogen-bond donors (Lipinski definition) is 1. The average Bonchev–Trinajstić information content (AvgIpc) is 2.95. The minimum atomic E-state index is -3.47. The Balaban J connectivity index is 1.90. The van der Waals surface area contributed by atoms with Crippen LogP contribution in [-0.2, 0) is 16.6 Å². The Kier molecular flexibility index (Phi) is 4.05. The van der Waals surface area contributed by atoms with Gasteiger partial charge in [0.15, 0.2) is 0 Å². The van der Waals surface area contributed by atoms with Crippen LogP contribution in [0.15, 0.2) is 23.1 Å². The number of piperazine rings is 1. The van der Waals surface area contributed by atoms with Crippen LogP contribution in [0.3, 0.4) is 0 Å². The van der Waals surface area contributed by atoms with Crippen molar-refractivity contribution in [2.75, 3.05) is 26.2 Å². The first-order chi connectivity index (χ1) is 10.0. The monoisotopic (exact) mass is 310 g/mol. The van der Waals surface area contributed by atoms with Gasteiger partial charge in [-0.3, -0.25) is 4.90 Å². The zero-order valence-corrected chi connectivity index (χ0v) is 13.1. The van der Waals surface area contributed by atoms with E-state index < -0.39 is 10.0 Å². The molecular formula is C15H22N2O3S. The Morgan fingerprint density at radius 3 is 2.86 bits per heavy atom. The summed E-state index contributed by atoms with van der Waals surface area (Å²) in [4.78, 5) is 2.73. The zero-order valence-electron chi connectivity index (χ0n) is 12.3. The van der Waals surface area contributed by atoms with Crippen molar-refractivity contribution >= 4 is 10.0 Å². The number of sulfonamides is 1. The Hall–Kier alpha value is -0.950. The summed E-state index contributed by atoms with van der Waals surface area (Å²) in [5.74, 6) is 0. The fourth-order valence-electron chi connectivity index (χ4n) is 3.34. The predicted molar refractivity (Wildman–Crippen MR) is 80.5 cm³/mol. The van der Waals surface area contributed by atoms with E-state index in [2.05, 4.69) is 4.90 Å². The molecule has 5 nitrogen and oxygen atoms in total. The quantitative estimate of drug-likeness (QED) is 0.903. The molecule has 0 saturated carbocycles. The zero-order chi connectivity index (χ0) is 15.0. The van der Waals surface area contributed by atoms with E-state index in [0.29, 0.717) is 29.6 Å². The first kappa shape index (κ1) is 15.0. The molecule has 2 heterocycles. The highest BCUT2D eigenvalue weighted by atomic mass is 32.2. The van der Waals surface area contributed by atoms with Crippen molar-refractivity contribution in [3.8, 4) is 0 Å². The number of aryl methyl sites for hydroxylation is 1. The lowest BCUT2D eigenvalue weighted by atomic mass is 10.2. The normalized spacial score (nSPS) is 24.2. The molecule has 116 valence electrons. The molecule has 1 aromatic rings. The second-order valence-electron chi connectivity index (χ2n) is 5.95. The number of aliphatic hydroxyl groups excluding tert-OH is 1. The highest BCUT2D eigenvalue weighted by Gasteiger charge is 2.36. The summed E-state index contributed by atoms with van der Waals surface area (Å²) in [7, 11) is -3.47. The Morgan fingerprint density at radius 1 is 1.29 bits per heavy atom. The van der Waals surface area contributed by atoms with Gasteiger partial charge < -0.3 is 5.11 Å². The number of aliphatic hydroxyl groups is 1. The number of fused-ring (bicyclic) bond motifs is 1. The summed E-state index contributed by atoms with van der Waals surface area (Å²) < 4.78 is 27.4. The molecule has 2 aliphatic heterocycles. The molecule has 0 bridgehead atoms. The van der Waals surface area contributed by atoms with Gasteiger partial charge in [0.2, 0.25) is 10.0 Å². The Bertz CT molecular complexity index is 630. The van der Waals surface area contributed by atoms with Crippen LogP contribution in [-0.4, -0.2) is 55.0 Å². The van der Waals surface area contributed by atoms with Crippen molar-refractivity contribution in [3.05, 3.63) is 29.3 Å². The van der Waals surface area contributed by atoms with Crippen LogP contribution >= 0.6 is 0 Å². The van der Waals surface area contributed by atoms with Gasteiger partial charge in [-0.15, -0.1) is 0 Å². The van der Waals surface area contributed by atoms with Gasteiger partial charge in [0.1, 0.15) is 0 Å². The maximum Gasteiger partial charge on any atom is 0.243 e. The molecule has 0 aliphatic carbocycles. The molecule has 6 heteroatoms. The maximum atomic E-state index is 12.9. The SMILES string of the molecule is Cc1ccc(CO)cc1S(=O)(=O)N1CCN2CCCC2C1. The molecule has 1 atom stereocenters. The molecule has 0 spiro atoms. The molecule has 3 rings (SSSR count). The summed E-state index contributed by atoms with van der Waals surface area (Å²) in [5, 5.41) is 9.24. The van der Waals surface area contributed by atoms with Crippen LogP contribution in [0.5, 0.6) is 0 Å². The molecule has 1 unspecified atom stereocenters. The maximum absolute atomic E-state index is 12.9. The van der Waals surface area contributed by atoms with E-state index in [-0.39, 0.29) is 6.61 Å². The van der Waals surface area contributed by atoms with Gasteiger partial charge in [-0.05, 0) is 43.5 Å². The molecule has 2 fully saturated rings. The van der Waals surface area contributed by atoms with Crippen molar-refractivity contribution in [1.29, 1.82) is 0 Å². The number of nitrogens with zero attached hydrogens (tertiary/aromatic N) is 2. The third-order valence-electron chi connectivity index (χ3n) is 4.60. The minimum Gasteiger partial charge on any atom is -0.392 e. The van der Waals surface area contributed by atoms with Gasteiger partial charge in [0, 0.05) is 25.7 Å². The molecule has 2 saturated heterocycles. The van der Waals surface area contributed by atoms with Gasteiger partial charge in [-0.25, -0.2) is 8.42 Å². The Labute approximate surface area is 126 Å². The molecule has 1 aromatic carbocycles. The summed E-state index contributed by atoms with van der Waals surface area (Å²) >= 11 is 0. The molecule has 21 heavy (non-hydrogen) atoms. The predicted octanol–water partition coefficient (Wildman–Crippen LogP) is 0.956. The van der Waals surface area contributed by atoms with Gasteiger partial charge >= 0.3 is 0 Å². The first-order valence-corrected chi connectivity index (χ1v) is 8.91. The van der Waals surface area contributed by atoms with Gasteiger partial charge in [0.25, 0.3) is 0 Å². The van der Waals surface area contributed by atoms with Crippen LogP contribution in [0.2, 0.25) is 0 Å². The average molecular weight is 310 g/mol. The molecule has 0 aromatic heterocycles. The number of rotatable bonds is 3. The van der Waals surface area contributed by atoms with Crippen LogP contribution in [0.1, 0.15) is 24.0 Å². The molecule has 2 aliphatic rings. The second-order valence-corrected chi connectivity index (χ2v) is 7.86. The second kappa shape index (κ2) is 5.68. The lowest BCUT2D eigenvalue weighted by Crippen LogP contribution is -2.52. The van der Waals surface area contributed by atoms with Gasteiger partial charge in [-0.1, -0.05) is 12.1 Å². The summed E-state index contributed by atoms with van der Waals surface area (Å²) in [5.41, 5.74) is 1.37. The van der Waals surface area contributed by atoms with E-state index >= 15 is 0 Å². The standard InChI is InChI=1S/C15H22N2O3S/c1-12-4-5-13(11-18)9-15(12)21(19,20)17-8-7-16-6-2-3-14(16)10-17/h4-5,9,14,18H,2-3,6-8,10-11H2,1H3.